The highest BCUT2D eigenvalue weighted by atomic mass is 32.1. The molecule has 5 unspecified atom stereocenters. The number of aromatic nitrogens is 1. The summed E-state index contributed by atoms with van der Waals surface area (Å²) in [4.78, 5) is 16.1. The third-order valence-electron chi connectivity index (χ3n) is 5.88. The summed E-state index contributed by atoms with van der Waals surface area (Å²) in [6, 6.07) is 18.1. The number of rotatable bonds is 5. The monoisotopic (exact) mass is 495 g/mol. The molecule has 0 spiro atoms. The van der Waals surface area contributed by atoms with Crippen LogP contribution in [0.5, 0.6) is 11.5 Å². The van der Waals surface area contributed by atoms with Gasteiger partial charge in [-0.1, -0.05) is 60.7 Å². The summed E-state index contributed by atoms with van der Waals surface area (Å²) in [6.07, 6.45) is -9.07. The van der Waals surface area contributed by atoms with Crippen LogP contribution < -0.4 is 4.74 Å². The minimum absolute atomic E-state index is 0.106. The molecule has 4 aromatic rings. The Kier molecular flexibility index (Phi) is 6.13. The van der Waals surface area contributed by atoms with Crippen LogP contribution in [0.2, 0.25) is 0 Å². The second kappa shape index (κ2) is 9.25. The van der Waals surface area contributed by atoms with E-state index in [0.29, 0.717) is 32.5 Å². The molecule has 2 heterocycles. The van der Waals surface area contributed by atoms with Gasteiger partial charge in [0.2, 0.25) is 6.29 Å². The Balaban J connectivity index is 1.72. The summed E-state index contributed by atoms with van der Waals surface area (Å²) in [5.41, 5.74) is 4.34. The van der Waals surface area contributed by atoms with Crippen LogP contribution in [0.25, 0.3) is 32.5 Å². The van der Waals surface area contributed by atoms with E-state index in [0.717, 1.165) is 0 Å². The van der Waals surface area contributed by atoms with Gasteiger partial charge >= 0.3 is 5.97 Å². The molecule has 5 atom stereocenters. The molecule has 5 rings (SSSR count). The van der Waals surface area contributed by atoms with E-state index >= 15 is 0 Å². The number of aromatic hydroxyl groups is 1. The van der Waals surface area contributed by atoms with Gasteiger partial charge in [0.25, 0.3) is 0 Å². The SMILES string of the molecule is O=C(O)C1OC(Oc2c(O)c(-c3ccccc3)c3scnc3c2-c2ccccc2)C(O)C(O)C1O. The van der Waals surface area contributed by atoms with Crippen LogP contribution in [0.3, 0.4) is 0 Å². The number of aliphatic carboxylic acids is 1. The van der Waals surface area contributed by atoms with Crippen LogP contribution >= 0.6 is 11.3 Å². The lowest BCUT2D eigenvalue weighted by atomic mass is 9.96. The summed E-state index contributed by atoms with van der Waals surface area (Å²) in [7, 11) is 0. The second-order valence-corrected chi connectivity index (χ2v) is 8.90. The topological polar surface area (TPSA) is 150 Å². The van der Waals surface area contributed by atoms with Crippen molar-refractivity contribution in [3.63, 3.8) is 0 Å². The van der Waals surface area contributed by atoms with Crippen molar-refractivity contribution in [3.8, 4) is 33.8 Å². The predicted molar refractivity (Wildman–Crippen MR) is 127 cm³/mol. The maximum atomic E-state index is 11.6. The predicted octanol–water partition coefficient (Wildman–Crippen LogP) is 2.61. The summed E-state index contributed by atoms with van der Waals surface area (Å²) >= 11 is 1.33. The quantitative estimate of drug-likeness (QED) is 0.282. The number of aliphatic hydroxyl groups excluding tert-OH is 3. The van der Waals surface area contributed by atoms with Crippen molar-refractivity contribution in [1.29, 1.82) is 0 Å². The van der Waals surface area contributed by atoms with Crippen molar-refractivity contribution >= 4 is 27.5 Å². The molecule has 10 heteroatoms. The third-order valence-corrected chi connectivity index (χ3v) is 6.73. The van der Waals surface area contributed by atoms with E-state index in [1.807, 2.05) is 36.4 Å². The molecule has 9 nitrogen and oxygen atoms in total. The Morgan fingerprint density at radius 3 is 2.09 bits per heavy atom. The Hall–Kier alpha value is -3.54. The minimum atomic E-state index is -1.87. The second-order valence-electron chi connectivity index (χ2n) is 8.04. The van der Waals surface area contributed by atoms with Gasteiger partial charge in [0.1, 0.15) is 18.3 Å². The molecule has 1 aromatic heterocycles. The van der Waals surface area contributed by atoms with E-state index in [9.17, 15) is 30.3 Å². The number of fused-ring (bicyclic) bond motifs is 1. The van der Waals surface area contributed by atoms with Crippen molar-refractivity contribution in [2.75, 3.05) is 0 Å². The number of carbonyl (C=O) groups is 1. The highest BCUT2D eigenvalue weighted by molar-refractivity contribution is 7.17. The Bertz CT molecular complexity index is 1360. The molecule has 1 saturated heterocycles. The molecular formula is C25H21NO8S. The summed E-state index contributed by atoms with van der Waals surface area (Å²) in [6.45, 7) is 0. The van der Waals surface area contributed by atoms with Crippen molar-refractivity contribution in [2.24, 2.45) is 0 Å². The first kappa shape index (κ1) is 23.2. The van der Waals surface area contributed by atoms with Gasteiger partial charge in [-0.15, -0.1) is 11.3 Å². The maximum Gasteiger partial charge on any atom is 0.335 e. The van der Waals surface area contributed by atoms with Crippen LogP contribution in [0.15, 0.2) is 66.2 Å². The fourth-order valence-corrected chi connectivity index (χ4v) is 5.04. The number of hydrogen-bond acceptors (Lipinski definition) is 9. The number of phenols is 1. The molecule has 0 radical (unpaired) electrons. The number of benzene rings is 3. The summed E-state index contributed by atoms with van der Waals surface area (Å²) in [5, 5.41) is 51.7. The van der Waals surface area contributed by atoms with Gasteiger partial charge in [0.15, 0.2) is 17.6 Å². The molecule has 35 heavy (non-hydrogen) atoms. The highest BCUT2D eigenvalue weighted by Gasteiger charge is 2.48. The molecule has 3 aromatic carbocycles. The lowest BCUT2D eigenvalue weighted by molar-refractivity contribution is -0.271. The molecule has 1 aliphatic rings. The first-order chi connectivity index (χ1) is 16.9. The molecule has 0 amide bonds. The van der Waals surface area contributed by atoms with E-state index in [4.69, 9.17) is 9.47 Å². The zero-order valence-corrected chi connectivity index (χ0v) is 18.9. The number of thiazole rings is 1. The van der Waals surface area contributed by atoms with Gasteiger partial charge in [-0.3, -0.25) is 0 Å². The van der Waals surface area contributed by atoms with Gasteiger partial charge in [-0.2, -0.15) is 0 Å². The average Bonchev–Trinajstić information content (AvgIpc) is 3.34. The largest absolute Gasteiger partial charge is 0.504 e. The third kappa shape index (κ3) is 4.01. The van der Waals surface area contributed by atoms with Crippen molar-refractivity contribution in [3.05, 3.63) is 66.2 Å². The average molecular weight is 496 g/mol. The number of aliphatic hydroxyl groups is 3. The van der Waals surface area contributed by atoms with E-state index < -0.39 is 36.7 Å². The van der Waals surface area contributed by atoms with Crippen LogP contribution in [-0.4, -0.2) is 67.2 Å². The zero-order chi connectivity index (χ0) is 24.7. The Morgan fingerprint density at radius 1 is 0.886 bits per heavy atom. The number of nitrogens with zero attached hydrogens (tertiary/aromatic N) is 1. The standard InChI is InChI=1S/C25H21NO8S/c27-17-15(13-9-5-2-6-10-13)23-16(26-11-35-23)14(12-7-3-1-4-8-12)21(17)33-25-20(30)18(28)19(29)22(34-25)24(31)32/h1-11,18-20,22,25,27-30H,(H,31,32). The zero-order valence-electron chi connectivity index (χ0n) is 18.1. The lowest BCUT2D eigenvalue weighted by Crippen LogP contribution is -2.61. The van der Waals surface area contributed by atoms with Gasteiger partial charge in [0.05, 0.1) is 21.3 Å². The van der Waals surface area contributed by atoms with Crippen LogP contribution in [0.4, 0.5) is 0 Å². The first-order valence-corrected chi connectivity index (χ1v) is 11.6. The van der Waals surface area contributed by atoms with Crippen LogP contribution in [-0.2, 0) is 9.53 Å². The minimum Gasteiger partial charge on any atom is -0.504 e. The Morgan fingerprint density at radius 2 is 1.49 bits per heavy atom. The Labute approximate surface area is 203 Å². The smallest absolute Gasteiger partial charge is 0.335 e. The number of carboxylic acid groups (broad SMARTS) is 1. The number of ether oxygens (including phenoxy) is 2. The molecule has 0 aliphatic carbocycles. The van der Waals surface area contributed by atoms with Crippen molar-refractivity contribution < 1.29 is 39.8 Å². The summed E-state index contributed by atoms with van der Waals surface area (Å²) < 4.78 is 11.9. The van der Waals surface area contributed by atoms with Gasteiger partial charge < -0.3 is 35.0 Å². The van der Waals surface area contributed by atoms with Gasteiger partial charge in [0, 0.05) is 5.56 Å². The molecule has 0 saturated carbocycles. The van der Waals surface area contributed by atoms with Crippen LogP contribution in [0.1, 0.15) is 0 Å². The normalized spacial score (nSPS) is 24.4. The molecular weight excluding hydrogens is 474 g/mol. The van der Waals surface area contributed by atoms with Gasteiger partial charge in [-0.25, -0.2) is 9.78 Å². The number of carboxylic acids is 1. The maximum absolute atomic E-state index is 11.6. The van der Waals surface area contributed by atoms with Crippen molar-refractivity contribution in [1.82, 2.24) is 4.98 Å². The molecule has 0 bridgehead atoms. The molecule has 1 fully saturated rings. The molecule has 1 aliphatic heterocycles. The highest BCUT2D eigenvalue weighted by Crippen LogP contribution is 2.51. The molecule has 180 valence electrons. The van der Waals surface area contributed by atoms with E-state index in [1.165, 1.54) is 11.3 Å². The molecule has 5 N–H and O–H groups in total. The first-order valence-electron chi connectivity index (χ1n) is 10.7. The fraction of sp³-hybridized carbons (Fsp3) is 0.200. The lowest BCUT2D eigenvalue weighted by Gasteiger charge is -2.38. The van der Waals surface area contributed by atoms with E-state index in [2.05, 4.69) is 4.98 Å². The fourth-order valence-electron chi connectivity index (χ4n) is 4.17. The van der Waals surface area contributed by atoms with Crippen LogP contribution in [0, 0.1) is 0 Å². The number of hydrogen-bond donors (Lipinski definition) is 5. The van der Waals surface area contributed by atoms with E-state index in [-0.39, 0.29) is 11.5 Å². The van der Waals surface area contributed by atoms with E-state index in [1.54, 1.807) is 29.8 Å². The summed E-state index contributed by atoms with van der Waals surface area (Å²) in [5.74, 6) is -1.91. The van der Waals surface area contributed by atoms with Crippen molar-refractivity contribution in [2.45, 2.75) is 30.7 Å². The number of phenolic OH excluding ortho intramolecular Hbond substituents is 1. The van der Waals surface area contributed by atoms with Gasteiger partial charge in [-0.05, 0) is 11.1 Å².